The molecule has 17 heavy (non-hydrogen) atoms. The molecule has 1 amide bonds. The summed E-state index contributed by atoms with van der Waals surface area (Å²) in [6.45, 7) is 3.23. The summed E-state index contributed by atoms with van der Waals surface area (Å²) < 4.78 is 2.61. The van der Waals surface area contributed by atoms with Crippen LogP contribution in [0, 0.1) is 0 Å². The molecule has 0 heterocycles. The fourth-order valence-corrected chi connectivity index (χ4v) is 3.68. The molecule has 0 fully saturated rings. The highest BCUT2D eigenvalue weighted by Gasteiger charge is 2.09. The van der Waals surface area contributed by atoms with Gasteiger partial charge in [0.05, 0.1) is 12.2 Å². The third-order valence-corrected chi connectivity index (χ3v) is 3.69. The van der Waals surface area contributed by atoms with E-state index in [0.717, 1.165) is 32.1 Å². The molecule has 0 aliphatic carbocycles. The molecule has 0 aliphatic rings. The number of carbonyl (C=O) groups is 1. The largest absolute Gasteiger partial charge is 0.323 e. The highest BCUT2D eigenvalue weighted by atomic mass is 79.9. The number of rotatable bonds is 5. The van der Waals surface area contributed by atoms with E-state index < -0.39 is 0 Å². The van der Waals surface area contributed by atoms with Crippen molar-refractivity contribution in [3.8, 4) is 0 Å². The normalized spacial score (nSPS) is 10.4. The second kappa shape index (κ2) is 7.51. The Morgan fingerprint density at radius 3 is 2.35 bits per heavy atom. The number of anilines is 1. The maximum absolute atomic E-state index is 11.6. The van der Waals surface area contributed by atoms with Gasteiger partial charge in [-0.05, 0) is 57.0 Å². The van der Waals surface area contributed by atoms with Gasteiger partial charge in [0, 0.05) is 13.4 Å². The van der Waals surface area contributed by atoms with Crippen molar-refractivity contribution in [1.82, 2.24) is 5.32 Å². The summed E-state index contributed by atoms with van der Waals surface area (Å²) >= 11 is 10.2. The zero-order valence-corrected chi connectivity index (χ0v) is 14.1. The number of hydrogen-bond donors (Lipinski definition) is 2. The van der Waals surface area contributed by atoms with Crippen molar-refractivity contribution < 1.29 is 4.79 Å². The molecule has 1 rings (SSSR count). The van der Waals surface area contributed by atoms with E-state index in [9.17, 15) is 4.79 Å². The van der Waals surface area contributed by atoms with Gasteiger partial charge in [0.1, 0.15) is 0 Å². The minimum absolute atomic E-state index is 0.0535. The molecule has 94 valence electrons. The van der Waals surface area contributed by atoms with E-state index in [2.05, 4.69) is 65.3 Å². The average Bonchev–Trinajstić information content (AvgIpc) is 2.24. The summed E-state index contributed by atoms with van der Waals surface area (Å²) in [6, 6.07) is 3.78. The number of nitrogens with one attached hydrogen (secondary N) is 2. The summed E-state index contributed by atoms with van der Waals surface area (Å²) in [4.78, 5) is 11.6. The van der Waals surface area contributed by atoms with Crippen molar-refractivity contribution in [3.05, 3.63) is 25.6 Å². The first-order valence-electron chi connectivity index (χ1n) is 5.19. The summed E-state index contributed by atoms with van der Waals surface area (Å²) in [5.41, 5.74) is 0.747. The molecule has 0 spiro atoms. The molecule has 0 aromatic heterocycles. The molecule has 3 nitrogen and oxygen atoms in total. The zero-order chi connectivity index (χ0) is 12.8. The predicted molar refractivity (Wildman–Crippen MR) is 81.3 cm³/mol. The van der Waals surface area contributed by atoms with Gasteiger partial charge in [-0.2, -0.15) is 0 Å². The Morgan fingerprint density at radius 2 is 1.82 bits per heavy atom. The lowest BCUT2D eigenvalue weighted by Crippen LogP contribution is -2.28. The van der Waals surface area contributed by atoms with Crippen molar-refractivity contribution >= 4 is 59.4 Å². The molecule has 0 radical (unpaired) electrons. The number of benzene rings is 1. The number of amides is 1. The van der Waals surface area contributed by atoms with E-state index in [1.807, 2.05) is 12.1 Å². The van der Waals surface area contributed by atoms with Crippen LogP contribution in [0.25, 0.3) is 0 Å². The SMILES string of the molecule is CCCNCC(=O)Nc1c(Br)cc(Br)cc1Br. The fraction of sp³-hybridized carbons (Fsp3) is 0.364. The summed E-state index contributed by atoms with van der Waals surface area (Å²) in [5, 5.41) is 5.90. The van der Waals surface area contributed by atoms with Gasteiger partial charge in [0.2, 0.25) is 5.91 Å². The van der Waals surface area contributed by atoms with Crippen LogP contribution >= 0.6 is 47.8 Å². The van der Waals surface area contributed by atoms with Crippen molar-refractivity contribution in [1.29, 1.82) is 0 Å². The highest BCUT2D eigenvalue weighted by Crippen LogP contribution is 2.34. The molecule has 6 heteroatoms. The van der Waals surface area contributed by atoms with Crippen LogP contribution in [0.4, 0.5) is 5.69 Å². The summed E-state index contributed by atoms with van der Waals surface area (Å²) in [6.07, 6.45) is 1.01. The Kier molecular flexibility index (Phi) is 6.69. The zero-order valence-electron chi connectivity index (χ0n) is 9.32. The van der Waals surface area contributed by atoms with Crippen molar-refractivity contribution in [3.63, 3.8) is 0 Å². The predicted octanol–water partition coefficient (Wildman–Crippen LogP) is 3.91. The van der Waals surface area contributed by atoms with Crippen molar-refractivity contribution in [2.75, 3.05) is 18.4 Å². The minimum atomic E-state index is -0.0535. The van der Waals surface area contributed by atoms with Crippen molar-refractivity contribution in [2.45, 2.75) is 13.3 Å². The van der Waals surface area contributed by atoms with Gasteiger partial charge in [-0.25, -0.2) is 0 Å². The maximum atomic E-state index is 11.6. The van der Waals surface area contributed by atoms with Gasteiger partial charge in [-0.15, -0.1) is 0 Å². The Labute approximate surface area is 126 Å². The first-order chi connectivity index (χ1) is 8.04. The lowest BCUT2D eigenvalue weighted by Gasteiger charge is -2.10. The number of hydrogen-bond acceptors (Lipinski definition) is 2. The lowest BCUT2D eigenvalue weighted by atomic mass is 10.3. The van der Waals surface area contributed by atoms with Gasteiger partial charge < -0.3 is 10.6 Å². The molecular formula is C11H13Br3N2O. The standard InChI is InChI=1S/C11H13Br3N2O/c1-2-3-15-6-10(17)16-11-8(13)4-7(12)5-9(11)14/h4-5,15H,2-3,6H2,1H3,(H,16,17). The molecule has 2 N–H and O–H groups in total. The Morgan fingerprint density at radius 1 is 1.24 bits per heavy atom. The van der Waals surface area contributed by atoms with Crippen LogP contribution in [-0.4, -0.2) is 19.0 Å². The Balaban J connectivity index is 2.65. The topological polar surface area (TPSA) is 41.1 Å². The molecule has 0 bridgehead atoms. The smallest absolute Gasteiger partial charge is 0.238 e. The third-order valence-electron chi connectivity index (χ3n) is 1.98. The first kappa shape index (κ1) is 15.1. The second-order valence-corrected chi connectivity index (χ2v) is 6.09. The summed E-state index contributed by atoms with van der Waals surface area (Å²) in [7, 11) is 0. The fourth-order valence-electron chi connectivity index (χ4n) is 1.22. The first-order valence-corrected chi connectivity index (χ1v) is 7.57. The highest BCUT2D eigenvalue weighted by molar-refractivity contribution is 9.11. The van der Waals surface area contributed by atoms with E-state index in [1.54, 1.807) is 0 Å². The van der Waals surface area contributed by atoms with Gasteiger partial charge in [-0.3, -0.25) is 4.79 Å². The van der Waals surface area contributed by atoms with Crippen LogP contribution in [0.15, 0.2) is 25.6 Å². The van der Waals surface area contributed by atoms with Gasteiger partial charge in [0.25, 0.3) is 0 Å². The van der Waals surface area contributed by atoms with Crippen molar-refractivity contribution in [2.24, 2.45) is 0 Å². The van der Waals surface area contributed by atoms with E-state index in [-0.39, 0.29) is 5.91 Å². The van der Waals surface area contributed by atoms with Crippen LogP contribution in [0.3, 0.4) is 0 Å². The number of carbonyl (C=O) groups excluding carboxylic acids is 1. The number of halogens is 3. The minimum Gasteiger partial charge on any atom is -0.323 e. The lowest BCUT2D eigenvalue weighted by molar-refractivity contribution is -0.115. The van der Waals surface area contributed by atoms with Crippen LogP contribution in [-0.2, 0) is 4.79 Å². The van der Waals surface area contributed by atoms with Gasteiger partial charge in [-0.1, -0.05) is 22.9 Å². The second-order valence-electron chi connectivity index (χ2n) is 3.47. The maximum Gasteiger partial charge on any atom is 0.238 e. The molecular weight excluding hydrogens is 416 g/mol. The molecule has 0 atom stereocenters. The van der Waals surface area contributed by atoms with E-state index in [1.165, 1.54) is 0 Å². The molecule has 0 unspecified atom stereocenters. The van der Waals surface area contributed by atoms with E-state index in [0.29, 0.717) is 6.54 Å². The summed E-state index contributed by atoms with van der Waals surface area (Å²) in [5.74, 6) is -0.0535. The molecule has 1 aromatic rings. The van der Waals surface area contributed by atoms with E-state index in [4.69, 9.17) is 0 Å². The third kappa shape index (κ3) is 5.07. The quantitative estimate of drug-likeness (QED) is 0.698. The molecule has 1 aromatic carbocycles. The molecule has 0 saturated heterocycles. The molecule has 0 aliphatic heterocycles. The van der Waals surface area contributed by atoms with Gasteiger partial charge >= 0.3 is 0 Å². The van der Waals surface area contributed by atoms with E-state index >= 15 is 0 Å². The van der Waals surface area contributed by atoms with Crippen LogP contribution in [0.5, 0.6) is 0 Å². The average molecular weight is 429 g/mol. The van der Waals surface area contributed by atoms with Crippen LogP contribution in [0.1, 0.15) is 13.3 Å². The monoisotopic (exact) mass is 426 g/mol. The molecule has 0 saturated carbocycles. The Bertz CT molecular complexity index is 387. The van der Waals surface area contributed by atoms with Crippen LogP contribution in [0.2, 0.25) is 0 Å². The van der Waals surface area contributed by atoms with Crippen LogP contribution < -0.4 is 10.6 Å². The van der Waals surface area contributed by atoms with Gasteiger partial charge in [0.15, 0.2) is 0 Å². The Hall–Kier alpha value is 0.0900.